The van der Waals surface area contributed by atoms with Gasteiger partial charge in [0.25, 0.3) is 5.91 Å². The lowest BCUT2D eigenvalue weighted by atomic mass is 9.96. The molecule has 1 unspecified atom stereocenters. The quantitative estimate of drug-likeness (QED) is 0.308. The van der Waals surface area contributed by atoms with Gasteiger partial charge in [0, 0.05) is 22.7 Å². The molecule has 8 heteroatoms. The Kier molecular flexibility index (Phi) is 6.26. The van der Waals surface area contributed by atoms with E-state index in [1.54, 1.807) is 13.2 Å². The van der Waals surface area contributed by atoms with Crippen molar-refractivity contribution in [1.29, 1.82) is 0 Å². The first kappa shape index (κ1) is 22.8. The first-order chi connectivity index (χ1) is 16.5. The van der Waals surface area contributed by atoms with E-state index in [-0.39, 0.29) is 11.9 Å². The summed E-state index contributed by atoms with van der Waals surface area (Å²) in [4.78, 5) is 15.4. The number of nitrogens with zero attached hydrogens (tertiary/aromatic N) is 2. The van der Waals surface area contributed by atoms with E-state index in [0.717, 1.165) is 28.0 Å². The number of halogens is 3. The Morgan fingerprint density at radius 1 is 0.971 bits per heavy atom. The third-order valence-electron chi connectivity index (χ3n) is 6.04. The minimum Gasteiger partial charge on any atom is -0.497 e. The van der Waals surface area contributed by atoms with Gasteiger partial charge in [-0.15, -0.1) is 0 Å². The summed E-state index contributed by atoms with van der Waals surface area (Å²) >= 11 is 18.6. The molecule has 1 atom stereocenters. The molecule has 172 valence electrons. The second-order valence-corrected chi connectivity index (χ2v) is 9.29. The predicted molar refractivity (Wildman–Crippen MR) is 135 cm³/mol. The maximum atomic E-state index is 13.5. The van der Waals surface area contributed by atoms with Crippen LogP contribution in [0.25, 0.3) is 11.3 Å². The number of methoxy groups -OCH3 is 1. The van der Waals surface area contributed by atoms with Crippen LogP contribution in [0.3, 0.4) is 0 Å². The summed E-state index contributed by atoms with van der Waals surface area (Å²) in [6.45, 7) is 0.513. The Hall–Kier alpha value is -2.99. The van der Waals surface area contributed by atoms with E-state index in [2.05, 4.69) is 10.2 Å². The molecular formula is C26H20Cl3N3O2. The summed E-state index contributed by atoms with van der Waals surface area (Å²) in [5, 5.41) is 8.99. The zero-order valence-electron chi connectivity index (χ0n) is 18.2. The van der Waals surface area contributed by atoms with Crippen LogP contribution >= 0.6 is 34.8 Å². The lowest BCUT2D eigenvalue weighted by Gasteiger charge is -2.27. The first-order valence-corrected chi connectivity index (χ1v) is 11.8. The summed E-state index contributed by atoms with van der Waals surface area (Å²) in [6, 6.07) is 20.4. The van der Waals surface area contributed by atoms with Gasteiger partial charge in [0.05, 0.1) is 28.9 Å². The van der Waals surface area contributed by atoms with Crippen molar-refractivity contribution < 1.29 is 9.53 Å². The summed E-state index contributed by atoms with van der Waals surface area (Å²) < 4.78 is 5.25. The van der Waals surface area contributed by atoms with Crippen LogP contribution in [0.15, 0.2) is 66.7 Å². The highest BCUT2D eigenvalue weighted by Gasteiger charge is 2.42. The minimum absolute atomic E-state index is 0.104. The minimum atomic E-state index is -0.361. The molecule has 0 saturated carbocycles. The molecule has 5 nitrogen and oxygen atoms in total. The lowest BCUT2D eigenvalue weighted by Crippen LogP contribution is -2.31. The largest absolute Gasteiger partial charge is 0.497 e. The molecule has 1 amide bonds. The van der Waals surface area contributed by atoms with Crippen molar-refractivity contribution in [1.82, 2.24) is 15.1 Å². The van der Waals surface area contributed by atoms with Crippen molar-refractivity contribution in [3.63, 3.8) is 0 Å². The molecule has 3 aromatic carbocycles. The Labute approximate surface area is 212 Å². The fourth-order valence-electron chi connectivity index (χ4n) is 4.33. The normalized spacial score (nSPS) is 15.0. The number of rotatable bonds is 6. The first-order valence-electron chi connectivity index (χ1n) is 10.7. The van der Waals surface area contributed by atoms with Crippen LogP contribution in [-0.2, 0) is 6.42 Å². The monoisotopic (exact) mass is 511 g/mol. The average Bonchev–Trinajstić information content (AvgIpc) is 3.39. The van der Waals surface area contributed by atoms with Crippen molar-refractivity contribution >= 4 is 40.7 Å². The standard InChI is InChI=1S/C26H20Cl3N3O2/c1-34-19-9-2-15(3-10-19)12-13-32-25(17-6-11-20(28)21(29)14-17)22-23(30-31-24(22)26(32)33)16-4-7-18(27)8-5-16/h2-11,14,25H,12-13H2,1H3,(H,30,31). The molecule has 1 aliphatic rings. The number of H-pyrrole nitrogens is 1. The number of amides is 1. The molecule has 1 aliphatic heterocycles. The average molecular weight is 513 g/mol. The van der Waals surface area contributed by atoms with E-state index >= 15 is 0 Å². The molecule has 0 radical (unpaired) electrons. The van der Waals surface area contributed by atoms with E-state index in [9.17, 15) is 4.79 Å². The van der Waals surface area contributed by atoms with Crippen molar-refractivity contribution in [2.75, 3.05) is 13.7 Å². The van der Waals surface area contributed by atoms with E-state index in [0.29, 0.717) is 39.4 Å². The highest BCUT2D eigenvalue weighted by molar-refractivity contribution is 6.42. The zero-order valence-corrected chi connectivity index (χ0v) is 20.5. The van der Waals surface area contributed by atoms with E-state index in [1.807, 2.05) is 65.6 Å². The van der Waals surface area contributed by atoms with Gasteiger partial charge in [0.15, 0.2) is 0 Å². The number of aromatic nitrogens is 2. The fourth-order valence-corrected chi connectivity index (χ4v) is 4.76. The molecule has 0 bridgehead atoms. The number of carbonyl (C=O) groups is 1. The maximum Gasteiger partial charge on any atom is 0.273 e. The second-order valence-electron chi connectivity index (χ2n) is 8.04. The topological polar surface area (TPSA) is 58.2 Å². The van der Waals surface area contributed by atoms with Crippen molar-refractivity contribution in [3.05, 3.63) is 104 Å². The zero-order chi connectivity index (χ0) is 23.8. The van der Waals surface area contributed by atoms with Gasteiger partial charge in [-0.2, -0.15) is 5.10 Å². The third-order valence-corrected chi connectivity index (χ3v) is 7.03. The number of nitrogens with one attached hydrogen (secondary N) is 1. The molecule has 34 heavy (non-hydrogen) atoms. The number of benzene rings is 3. The smallest absolute Gasteiger partial charge is 0.273 e. The molecular weight excluding hydrogens is 493 g/mol. The van der Waals surface area contributed by atoms with Gasteiger partial charge in [-0.25, -0.2) is 0 Å². The third kappa shape index (κ3) is 4.16. The van der Waals surface area contributed by atoms with Gasteiger partial charge in [0.1, 0.15) is 11.4 Å². The lowest BCUT2D eigenvalue weighted by molar-refractivity contribution is 0.0746. The fraction of sp³-hybridized carbons (Fsp3) is 0.154. The molecule has 5 rings (SSSR count). The molecule has 0 saturated heterocycles. The Morgan fingerprint density at radius 2 is 1.71 bits per heavy atom. The number of ether oxygens (including phenoxy) is 1. The van der Waals surface area contributed by atoms with Crippen LogP contribution in [-0.4, -0.2) is 34.7 Å². The summed E-state index contributed by atoms with van der Waals surface area (Å²) in [6.07, 6.45) is 0.682. The molecule has 1 aromatic heterocycles. The molecule has 4 aromatic rings. The highest BCUT2D eigenvalue weighted by atomic mass is 35.5. The second kappa shape index (κ2) is 9.34. The summed E-state index contributed by atoms with van der Waals surface area (Å²) in [5.41, 5.74) is 4.86. The van der Waals surface area contributed by atoms with Crippen LogP contribution < -0.4 is 4.74 Å². The SMILES string of the molecule is COc1ccc(CCN2C(=O)c3[nH]nc(-c4ccc(Cl)cc4)c3C2c2ccc(Cl)c(Cl)c2)cc1. The molecule has 0 spiro atoms. The van der Waals surface area contributed by atoms with Crippen LogP contribution in [0.4, 0.5) is 0 Å². The van der Waals surface area contributed by atoms with Gasteiger partial charge in [0.2, 0.25) is 0 Å². The van der Waals surface area contributed by atoms with Gasteiger partial charge in [-0.1, -0.05) is 65.1 Å². The Morgan fingerprint density at radius 3 is 2.38 bits per heavy atom. The molecule has 0 fully saturated rings. The summed E-state index contributed by atoms with van der Waals surface area (Å²) in [5.74, 6) is 0.690. The number of carbonyl (C=O) groups excluding carboxylic acids is 1. The van der Waals surface area contributed by atoms with Crippen molar-refractivity contribution in [3.8, 4) is 17.0 Å². The molecule has 0 aliphatic carbocycles. The van der Waals surface area contributed by atoms with Crippen LogP contribution in [0, 0.1) is 0 Å². The number of aromatic amines is 1. The maximum absolute atomic E-state index is 13.5. The Balaban J connectivity index is 1.55. The van der Waals surface area contributed by atoms with E-state index in [4.69, 9.17) is 39.5 Å². The Bertz CT molecular complexity index is 1350. The van der Waals surface area contributed by atoms with Crippen LogP contribution in [0.1, 0.15) is 33.2 Å². The van der Waals surface area contributed by atoms with Crippen molar-refractivity contribution in [2.24, 2.45) is 0 Å². The van der Waals surface area contributed by atoms with Crippen LogP contribution in [0.2, 0.25) is 15.1 Å². The van der Waals surface area contributed by atoms with Crippen molar-refractivity contribution in [2.45, 2.75) is 12.5 Å². The van der Waals surface area contributed by atoms with Gasteiger partial charge in [-0.3, -0.25) is 9.89 Å². The summed E-state index contributed by atoms with van der Waals surface area (Å²) in [7, 11) is 1.64. The highest BCUT2D eigenvalue weighted by Crippen LogP contribution is 2.44. The molecule has 1 N–H and O–H groups in total. The predicted octanol–water partition coefficient (Wildman–Crippen LogP) is 6.83. The van der Waals surface area contributed by atoms with Crippen LogP contribution in [0.5, 0.6) is 5.75 Å². The van der Waals surface area contributed by atoms with Gasteiger partial charge < -0.3 is 9.64 Å². The van der Waals surface area contributed by atoms with E-state index < -0.39 is 0 Å². The number of fused-ring (bicyclic) bond motifs is 1. The number of hydrogen-bond acceptors (Lipinski definition) is 3. The number of hydrogen-bond donors (Lipinski definition) is 1. The van der Waals surface area contributed by atoms with E-state index in [1.165, 1.54) is 0 Å². The molecule has 2 heterocycles. The van der Waals surface area contributed by atoms with Gasteiger partial charge in [-0.05, 0) is 53.9 Å². The van der Waals surface area contributed by atoms with Gasteiger partial charge >= 0.3 is 0 Å².